The summed E-state index contributed by atoms with van der Waals surface area (Å²) >= 11 is 3.71. The summed E-state index contributed by atoms with van der Waals surface area (Å²) in [6, 6.07) is 11.7. The number of rotatable bonds is 4. The number of hydrogen-bond donors (Lipinski definition) is 0. The molecule has 0 aromatic heterocycles. The lowest BCUT2D eigenvalue weighted by Crippen LogP contribution is -1.98. The first-order chi connectivity index (χ1) is 9.55. The normalized spacial score (nSPS) is 12.4. The SMILES string of the molecule is CCc1ccc(C(Br)c2cc(C)cc(F)c2)cc1CC. The van der Waals surface area contributed by atoms with E-state index in [-0.39, 0.29) is 10.6 Å². The van der Waals surface area contributed by atoms with Gasteiger partial charge < -0.3 is 0 Å². The average Bonchev–Trinajstić information content (AvgIpc) is 2.44. The molecule has 0 nitrogen and oxygen atoms in total. The van der Waals surface area contributed by atoms with Crippen molar-refractivity contribution in [2.75, 3.05) is 0 Å². The van der Waals surface area contributed by atoms with Crippen LogP contribution in [-0.4, -0.2) is 0 Å². The van der Waals surface area contributed by atoms with E-state index in [1.165, 1.54) is 16.7 Å². The third-order valence-electron chi connectivity index (χ3n) is 3.64. The van der Waals surface area contributed by atoms with Crippen LogP contribution < -0.4 is 0 Å². The lowest BCUT2D eigenvalue weighted by molar-refractivity contribution is 0.624. The van der Waals surface area contributed by atoms with Gasteiger partial charge in [-0.05, 0) is 59.7 Å². The van der Waals surface area contributed by atoms with Crippen molar-refractivity contribution >= 4 is 15.9 Å². The van der Waals surface area contributed by atoms with Crippen LogP contribution >= 0.6 is 15.9 Å². The van der Waals surface area contributed by atoms with Crippen LogP contribution in [0.4, 0.5) is 4.39 Å². The molecule has 0 aliphatic heterocycles. The van der Waals surface area contributed by atoms with Gasteiger partial charge in [0.2, 0.25) is 0 Å². The van der Waals surface area contributed by atoms with Gasteiger partial charge in [-0.1, -0.05) is 54.0 Å². The molecule has 0 spiro atoms. The van der Waals surface area contributed by atoms with Gasteiger partial charge in [0.05, 0.1) is 4.83 Å². The lowest BCUT2D eigenvalue weighted by Gasteiger charge is -2.15. The molecule has 0 bridgehead atoms. The predicted molar refractivity (Wildman–Crippen MR) is 87.1 cm³/mol. The molecule has 0 amide bonds. The Kier molecular flexibility index (Phi) is 4.98. The molecular formula is C18H20BrF. The first-order valence-corrected chi connectivity index (χ1v) is 7.99. The summed E-state index contributed by atoms with van der Waals surface area (Å²) in [5.74, 6) is -0.176. The van der Waals surface area contributed by atoms with Crippen LogP contribution in [0.5, 0.6) is 0 Å². The molecule has 0 N–H and O–H groups in total. The van der Waals surface area contributed by atoms with Crippen LogP contribution in [-0.2, 0) is 12.8 Å². The molecule has 1 unspecified atom stereocenters. The summed E-state index contributed by atoms with van der Waals surface area (Å²) in [5.41, 5.74) is 5.87. The number of aryl methyl sites for hydroxylation is 3. The Bertz CT molecular complexity index is 584. The molecule has 1 atom stereocenters. The maximum absolute atomic E-state index is 13.5. The monoisotopic (exact) mass is 334 g/mol. The van der Waals surface area contributed by atoms with E-state index in [2.05, 4.69) is 48.0 Å². The topological polar surface area (TPSA) is 0 Å². The number of alkyl halides is 1. The highest BCUT2D eigenvalue weighted by atomic mass is 79.9. The van der Waals surface area contributed by atoms with Gasteiger partial charge >= 0.3 is 0 Å². The molecule has 0 fully saturated rings. The highest BCUT2D eigenvalue weighted by Crippen LogP contribution is 2.33. The highest BCUT2D eigenvalue weighted by molar-refractivity contribution is 9.09. The molecule has 2 aromatic rings. The molecule has 0 aliphatic carbocycles. The second-order valence-electron chi connectivity index (χ2n) is 5.16. The van der Waals surface area contributed by atoms with Gasteiger partial charge in [0.1, 0.15) is 5.82 Å². The molecular weight excluding hydrogens is 315 g/mol. The Morgan fingerprint density at radius 2 is 1.65 bits per heavy atom. The Labute approximate surface area is 129 Å². The van der Waals surface area contributed by atoms with Crippen molar-refractivity contribution < 1.29 is 4.39 Å². The minimum atomic E-state index is -0.176. The van der Waals surface area contributed by atoms with E-state index in [9.17, 15) is 4.39 Å². The first-order valence-electron chi connectivity index (χ1n) is 7.08. The van der Waals surface area contributed by atoms with E-state index >= 15 is 0 Å². The maximum Gasteiger partial charge on any atom is 0.123 e. The fourth-order valence-corrected chi connectivity index (χ4v) is 3.13. The smallest absolute Gasteiger partial charge is 0.123 e. The fourth-order valence-electron chi connectivity index (χ4n) is 2.58. The van der Waals surface area contributed by atoms with E-state index in [0.29, 0.717) is 0 Å². The van der Waals surface area contributed by atoms with Crippen LogP contribution in [0.2, 0.25) is 0 Å². The molecule has 0 heterocycles. The van der Waals surface area contributed by atoms with Crippen LogP contribution in [0.1, 0.15) is 46.5 Å². The summed E-state index contributed by atoms with van der Waals surface area (Å²) in [5, 5.41) is 0. The minimum absolute atomic E-state index is 0.0353. The lowest BCUT2D eigenvalue weighted by atomic mass is 9.96. The zero-order valence-corrected chi connectivity index (χ0v) is 13.8. The maximum atomic E-state index is 13.5. The third-order valence-corrected chi connectivity index (χ3v) is 4.70. The van der Waals surface area contributed by atoms with Crippen LogP contribution in [0.25, 0.3) is 0 Å². The Morgan fingerprint density at radius 1 is 0.950 bits per heavy atom. The van der Waals surface area contributed by atoms with Crippen LogP contribution in [0, 0.1) is 12.7 Å². The van der Waals surface area contributed by atoms with Crippen molar-refractivity contribution in [1.29, 1.82) is 0 Å². The molecule has 0 saturated carbocycles. The van der Waals surface area contributed by atoms with E-state index < -0.39 is 0 Å². The Balaban J connectivity index is 2.39. The fraction of sp³-hybridized carbons (Fsp3) is 0.333. The number of hydrogen-bond acceptors (Lipinski definition) is 0. The number of benzene rings is 2. The van der Waals surface area contributed by atoms with Crippen molar-refractivity contribution in [3.63, 3.8) is 0 Å². The summed E-state index contributed by atoms with van der Waals surface area (Å²) in [6.45, 7) is 6.27. The van der Waals surface area contributed by atoms with Gasteiger partial charge in [-0.15, -0.1) is 0 Å². The predicted octanol–water partition coefficient (Wildman–Crippen LogP) is 5.74. The van der Waals surface area contributed by atoms with Gasteiger partial charge in [0.15, 0.2) is 0 Å². The van der Waals surface area contributed by atoms with Crippen LogP contribution in [0.15, 0.2) is 36.4 Å². The van der Waals surface area contributed by atoms with Crippen molar-refractivity contribution in [1.82, 2.24) is 0 Å². The van der Waals surface area contributed by atoms with Crippen LogP contribution in [0.3, 0.4) is 0 Å². The van der Waals surface area contributed by atoms with Gasteiger partial charge in [0.25, 0.3) is 0 Å². The zero-order chi connectivity index (χ0) is 14.7. The van der Waals surface area contributed by atoms with Gasteiger partial charge in [-0.2, -0.15) is 0 Å². The molecule has 2 aromatic carbocycles. The first kappa shape index (κ1) is 15.2. The van der Waals surface area contributed by atoms with Gasteiger partial charge in [-0.3, -0.25) is 0 Å². The van der Waals surface area contributed by atoms with Crippen molar-refractivity contribution in [2.45, 2.75) is 38.4 Å². The molecule has 0 radical (unpaired) electrons. The summed E-state index contributed by atoms with van der Waals surface area (Å²) < 4.78 is 13.5. The largest absolute Gasteiger partial charge is 0.207 e. The van der Waals surface area contributed by atoms with E-state index in [1.807, 2.05) is 13.0 Å². The van der Waals surface area contributed by atoms with Crippen molar-refractivity contribution in [3.05, 3.63) is 70.0 Å². The Hall–Kier alpha value is -1.15. The highest BCUT2D eigenvalue weighted by Gasteiger charge is 2.13. The molecule has 0 aliphatic rings. The molecule has 20 heavy (non-hydrogen) atoms. The molecule has 2 rings (SSSR count). The van der Waals surface area contributed by atoms with E-state index in [1.54, 1.807) is 12.1 Å². The van der Waals surface area contributed by atoms with Crippen molar-refractivity contribution in [2.24, 2.45) is 0 Å². The second kappa shape index (κ2) is 6.53. The molecule has 0 saturated heterocycles. The van der Waals surface area contributed by atoms with E-state index in [0.717, 1.165) is 24.0 Å². The second-order valence-corrected chi connectivity index (χ2v) is 6.08. The zero-order valence-electron chi connectivity index (χ0n) is 12.2. The summed E-state index contributed by atoms with van der Waals surface area (Å²) in [4.78, 5) is 0.0353. The average molecular weight is 335 g/mol. The van der Waals surface area contributed by atoms with E-state index in [4.69, 9.17) is 0 Å². The standard InChI is InChI=1S/C18H20BrF/c1-4-13-6-7-15(10-14(13)5-2)18(19)16-8-12(3)9-17(20)11-16/h6-11,18H,4-5H2,1-3H3. The van der Waals surface area contributed by atoms with Crippen molar-refractivity contribution in [3.8, 4) is 0 Å². The molecule has 2 heteroatoms. The summed E-state index contributed by atoms with van der Waals surface area (Å²) in [6.07, 6.45) is 2.08. The quantitative estimate of drug-likeness (QED) is 0.625. The minimum Gasteiger partial charge on any atom is -0.207 e. The molecule has 106 valence electrons. The van der Waals surface area contributed by atoms with Gasteiger partial charge in [-0.25, -0.2) is 4.39 Å². The van der Waals surface area contributed by atoms with Gasteiger partial charge in [0, 0.05) is 0 Å². The third kappa shape index (κ3) is 3.29. The number of halogens is 2. The Morgan fingerprint density at radius 3 is 2.25 bits per heavy atom. The summed E-state index contributed by atoms with van der Waals surface area (Å²) in [7, 11) is 0.